The van der Waals surface area contributed by atoms with Crippen LogP contribution in [0.4, 0.5) is 0 Å². The minimum atomic E-state index is -1.78. The molecule has 2 amide bonds. The number of hydrogen-bond acceptors (Lipinski definition) is 22. The molecule has 0 aromatic heterocycles. The molecule has 15 atom stereocenters. The highest BCUT2D eigenvalue weighted by Gasteiger charge is 2.61. The van der Waals surface area contributed by atoms with Gasteiger partial charge in [0.15, 0.2) is 31.1 Å². The number of carbonyl (C=O) groups excluding carboxylic acids is 6. The third kappa shape index (κ3) is 21.3. The average Bonchev–Trinajstić information content (AvgIpc) is 1.27. The standard InChI is InChI=1S/C82H89NO22/c1-52-53(2)79(89)83(78(52)88)69-73(96-46-62-33-21-11-22-34-62)72(104-82-77(100-57(6)87)75(99-56(5)86)71(68(103-82)51-93-55(4)85)95-45-61-31-19-10-20-32-61)67(50-91-42-59-27-15-8-16-28-59)101-80(69)105-76-74(97-47-63-35-23-12-24-36-63)70(94-44-60-29-17-9-18-30-60)66(49-90-41-58-25-13-7-14-26-58)102-81(76)98-48-65-39-37-64(38-40-65)43-92-54(3)84/h7-40,66-77,80-82H,41-51H2,1-6H3/t66-,67-,68-,69-,70-,71+,72-,73-,74+,75+,76+,77-,80+,81+,82+/m1/s1. The van der Waals surface area contributed by atoms with Gasteiger partial charge in [-0.05, 0) is 58.4 Å². The minimum absolute atomic E-state index is 0.00443. The lowest BCUT2D eigenvalue weighted by Gasteiger charge is -2.52. The maximum Gasteiger partial charge on any atom is 0.303 e. The van der Waals surface area contributed by atoms with Gasteiger partial charge in [0, 0.05) is 38.8 Å². The molecule has 3 fully saturated rings. The highest BCUT2D eigenvalue weighted by Crippen LogP contribution is 2.42. The molecule has 0 spiro atoms. The topological polar surface area (TPSA) is 253 Å². The third-order valence-corrected chi connectivity index (χ3v) is 18.2. The Morgan fingerprint density at radius 1 is 0.314 bits per heavy atom. The second-order valence-corrected chi connectivity index (χ2v) is 26.0. The zero-order chi connectivity index (χ0) is 73.6. The van der Waals surface area contributed by atoms with E-state index in [1.54, 1.807) is 13.8 Å². The molecule has 3 saturated heterocycles. The van der Waals surface area contributed by atoms with Gasteiger partial charge >= 0.3 is 23.9 Å². The van der Waals surface area contributed by atoms with E-state index in [0.29, 0.717) is 11.1 Å². The Hall–Kier alpha value is -9.18. The van der Waals surface area contributed by atoms with Gasteiger partial charge in [0.2, 0.25) is 0 Å². The first-order valence-electron chi connectivity index (χ1n) is 35.0. The summed E-state index contributed by atoms with van der Waals surface area (Å²) in [6.45, 7) is 7.09. The summed E-state index contributed by atoms with van der Waals surface area (Å²) in [5.41, 5.74) is 6.32. The summed E-state index contributed by atoms with van der Waals surface area (Å²) in [5, 5.41) is 0. The molecule has 0 aliphatic carbocycles. The molecule has 105 heavy (non-hydrogen) atoms. The Labute approximate surface area is 610 Å². The zero-order valence-electron chi connectivity index (χ0n) is 59.5. The van der Waals surface area contributed by atoms with Crippen LogP contribution in [0.25, 0.3) is 0 Å². The van der Waals surface area contributed by atoms with E-state index in [2.05, 4.69) is 0 Å². The summed E-state index contributed by atoms with van der Waals surface area (Å²) in [6.07, 6.45) is -19.8. The van der Waals surface area contributed by atoms with Gasteiger partial charge in [-0.15, -0.1) is 0 Å². The Morgan fingerprint density at radius 3 is 1.09 bits per heavy atom. The summed E-state index contributed by atoms with van der Waals surface area (Å²) >= 11 is 0. The first-order valence-corrected chi connectivity index (χ1v) is 35.0. The summed E-state index contributed by atoms with van der Waals surface area (Å²) in [6, 6.07) is 62.0. The fourth-order valence-electron chi connectivity index (χ4n) is 12.9. The van der Waals surface area contributed by atoms with Crippen molar-refractivity contribution in [3.8, 4) is 0 Å². The number of imide groups is 1. The van der Waals surface area contributed by atoms with Crippen LogP contribution < -0.4 is 0 Å². The molecular weight excluding hydrogens is 1350 g/mol. The number of rotatable bonds is 34. The van der Waals surface area contributed by atoms with E-state index >= 15 is 9.59 Å². The summed E-state index contributed by atoms with van der Waals surface area (Å²) in [7, 11) is 0. The van der Waals surface area contributed by atoms with Crippen LogP contribution in [-0.2, 0) is 157 Å². The zero-order valence-corrected chi connectivity index (χ0v) is 59.5. The average molecular weight is 1440 g/mol. The number of amides is 2. The number of esters is 4. The van der Waals surface area contributed by atoms with Crippen molar-refractivity contribution in [2.45, 2.75) is 186 Å². The molecule has 0 unspecified atom stereocenters. The van der Waals surface area contributed by atoms with E-state index in [1.165, 1.54) is 20.8 Å². The van der Waals surface area contributed by atoms with E-state index in [1.807, 2.05) is 206 Å². The molecule has 0 bridgehead atoms. The Morgan fingerprint density at radius 2 is 0.648 bits per heavy atom. The van der Waals surface area contributed by atoms with Gasteiger partial charge in [-0.1, -0.05) is 206 Å². The van der Waals surface area contributed by atoms with Crippen molar-refractivity contribution in [1.29, 1.82) is 0 Å². The molecule has 554 valence electrons. The van der Waals surface area contributed by atoms with Crippen LogP contribution in [-0.4, -0.2) is 152 Å². The minimum Gasteiger partial charge on any atom is -0.463 e. The lowest BCUT2D eigenvalue weighted by molar-refractivity contribution is -0.386. The van der Waals surface area contributed by atoms with Crippen molar-refractivity contribution < 1.29 is 105 Å². The first-order chi connectivity index (χ1) is 51.0. The highest BCUT2D eigenvalue weighted by atomic mass is 16.8. The molecule has 4 heterocycles. The first kappa shape index (κ1) is 76.9. The molecule has 0 saturated carbocycles. The smallest absolute Gasteiger partial charge is 0.303 e. The maximum absolute atomic E-state index is 15.4. The van der Waals surface area contributed by atoms with E-state index in [-0.39, 0.29) is 77.2 Å². The number of benzene rings is 7. The molecule has 7 aromatic carbocycles. The van der Waals surface area contributed by atoms with Crippen LogP contribution in [0.5, 0.6) is 0 Å². The summed E-state index contributed by atoms with van der Waals surface area (Å²) in [4.78, 5) is 83.7. The molecule has 4 aliphatic heterocycles. The number of ether oxygens (including phenoxy) is 16. The lowest BCUT2D eigenvalue weighted by atomic mass is 9.93. The van der Waals surface area contributed by atoms with Crippen LogP contribution >= 0.6 is 0 Å². The number of nitrogens with zero attached hydrogens (tertiary/aromatic N) is 1. The van der Waals surface area contributed by atoms with Crippen LogP contribution in [0.1, 0.15) is 86.1 Å². The molecular formula is C82H89NO22. The summed E-state index contributed by atoms with van der Waals surface area (Å²) < 4.78 is 108. The van der Waals surface area contributed by atoms with Gasteiger partial charge in [-0.3, -0.25) is 33.7 Å². The monoisotopic (exact) mass is 1440 g/mol. The van der Waals surface area contributed by atoms with E-state index < -0.39 is 134 Å². The lowest BCUT2D eigenvalue weighted by Crippen LogP contribution is -2.71. The molecule has 0 N–H and O–H groups in total. The van der Waals surface area contributed by atoms with Gasteiger partial charge < -0.3 is 75.8 Å². The predicted molar refractivity (Wildman–Crippen MR) is 376 cm³/mol. The largest absolute Gasteiger partial charge is 0.463 e. The van der Waals surface area contributed by atoms with E-state index in [4.69, 9.17) is 75.8 Å². The summed E-state index contributed by atoms with van der Waals surface area (Å²) in [5.74, 6) is -4.18. The number of carbonyl (C=O) groups is 6. The van der Waals surface area contributed by atoms with Crippen LogP contribution in [0.2, 0.25) is 0 Å². The van der Waals surface area contributed by atoms with Crippen molar-refractivity contribution in [2.24, 2.45) is 0 Å². The van der Waals surface area contributed by atoms with Crippen molar-refractivity contribution in [3.05, 3.63) is 262 Å². The Balaban J connectivity index is 1.07. The second kappa shape index (κ2) is 38.2. The van der Waals surface area contributed by atoms with Crippen molar-refractivity contribution in [1.82, 2.24) is 4.90 Å². The molecule has 23 heteroatoms. The molecule has 11 rings (SSSR count). The molecule has 0 radical (unpaired) electrons. The fourth-order valence-corrected chi connectivity index (χ4v) is 12.9. The number of hydrogen-bond donors (Lipinski definition) is 0. The molecule has 4 aliphatic rings. The SMILES string of the molecule is CC(=O)OCc1ccc(CO[C@H]2O[C@H](COCc3ccccc3)[C@@H](OCc3ccccc3)[C@H](OCc3ccccc3)[C@@H]2O[C@@H]2O[C@H](COCc3ccccc3)[C@@H](O[C@@H]3O[C@H](COC(C)=O)[C@H](OCc4ccccc4)[C@H](OC(C)=O)[C@H]3OC(C)=O)[C@H](OCc3ccccc3)[C@H]2N2C(=O)C(C)=C(C)C2=O)cc1. The van der Waals surface area contributed by atoms with Gasteiger partial charge in [0.25, 0.3) is 11.8 Å². The van der Waals surface area contributed by atoms with E-state index in [9.17, 15) is 19.2 Å². The maximum atomic E-state index is 15.4. The van der Waals surface area contributed by atoms with Crippen LogP contribution in [0.15, 0.2) is 217 Å². The molecule has 23 nitrogen and oxygen atoms in total. The normalized spacial score (nSPS) is 25.4. The van der Waals surface area contributed by atoms with Crippen molar-refractivity contribution in [3.63, 3.8) is 0 Å². The van der Waals surface area contributed by atoms with Crippen LogP contribution in [0, 0.1) is 0 Å². The van der Waals surface area contributed by atoms with Crippen LogP contribution in [0.3, 0.4) is 0 Å². The third-order valence-electron chi connectivity index (χ3n) is 18.2. The quantitative estimate of drug-likeness (QED) is 0.0206. The van der Waals surface area contributed by atoms with E-state index in [0.717, 1.165) is 45.2 Å². The molecule has 7 aromatic rings. The Kier molecular flexibility index (Phi) is 28.0. The Bertz CT molecular complexity index is 3930. The van der Waals surface area contributed by atoms with Gasteiger partial charge in [-0.25, -0.2) is 0 Å². The fraction of sp³-hybridized carbons (Fsp3) is 0.390. The van der Waals surface area contributed by atoms with Crippen molar-refractivity contribution >= 4 is 35.7 Å². The van der Waals surface area contributed by atoms with Gasteiger partial charge in [-0.2, -0.15) is 0 Å². The van der Waals surface area contributed by atoms with Gasteiger partial charge in [0.1, 0.15) is 74.2 Å². The highest BCUT2D eigenvalue weighted by molar-refractivity contribution is 6.19. The van der Waals surface area contributed by atoms with Crippen molar-refractivity contribution in [2.75, 3.05) is 19.8 Å². The second-order valence-electron chi connectivity index (χ2n) is 26.0. The predicted octanol–water partition coefficient (Wildman–Crippen LogP) is 10.5. The van der Waals surface area contributed by atoms with Gasteiger partial charge in [0.05, 0.1) is 59.5 Å².